The topological polar surface area (TPSA) is 61.4 Å². The van der Waals surface area contributed by atoms with E-state index in [0.29, 0.717) is 30.1 Å². The predicted molar refractivity (Wildman–Crippen MR) is 132 cm³/mol. The molecule has 5 rings (SSSR count). The van der Waals surface area contributed by atoms with Crippen molar-refractivity contribution < 1.29 is 4.79 Å². The zero-order chi connectivity index (χ0) is 23.2. The van der Waals surface area contributed by atoms with Crippen LogP contribution >= 0.6 is 11.6 Å². The number of hydrogen-bond acceptors (Lipinski definition) is 5. The predicted octanol–water partition coefficient (Wildman–Crippen LogP) is 3.93. The minimum atomic E-state index is -0.230. The Morgan fingerprint density at radius 2 is 1.79 bits per heavy atom. The number of carbonyl (C=O) groups excluding carboxylic acids is 1. The first-order chi connectivity index (χ1) is 15.8. The van der Waals surface area contributed by atoms with Gasteiger partial charge in [0.15, 0.2) is 0 Å². The van der Waals surface area contributed by atoms with Gasteiger partial charge in [-0.2, -0.15) is 0 Å². The van der Waals surface area contributed by atoms with Crippen molar-refractivity contribution in [2.75, 3.05) is 37.6 Å². The quantitative estimate of drug-likeness (QED) is 0.721. The number of hydrogen-bond donors (Lipinski definition) is 1. The summed E-state index contributed by atoms with van der Waals surface area (Å²) in [5, 5.41) is 4.21. The molecule has 33 heavy (non-hydrogen) atoms. The monoisotopic (exact) mass is 467 g/mol. The van der Waals surface area contributed by atoms with Gasteiger partial charge in [0, 0.05) is 60.0 Å². The van der Waals surface area contributed by atoms with Crippen LogP contribution in [-0.2, 0) is 16.6 Å². The maximum absolute atomic E-state index is 13.7. The molecule has 0 bridgehead atoms. The van der Waals surface area contributed by atoms with E-state index in [-0.39, 0.29) is 17.4 Å². The van der Waals surface area contributed by atoms with Gasteiger partial charge in [-0.3, -0.25) is 4.79 Å². The summed E-state index contributed by atoms with van der Waals surface area (Å²) in [6.07, 6.45) is 6.55. The van der Waals surface area contributed by atoms with Crippen LogP contribution in [0.5, 0.6) is 0 Å². The number of aryl methyl sites for hydroxylation is 1. The third kappa shape index (κ3) is 4.60. The number of aromatic nitrogens is 2. The van der Waals surface area contributed by atoms with Crippen molar-refractivity contribution in [3.8, 4) is 0 Å². The van der Waals surface area contributed by atoms with E-state index in [2.05, 4.69) is 36.0 Å². The minimum Gasteiger partial charge on any atom is -0.353 e. The van der Waals surface area contributed by atoms with Crippen LogP contribution in [0.2, 0.25) is 5.02 Å². The summed E-state index contributed by atoms with van der Waals surface area (Å²) >= 11 is 6.11. The molecule has 0 radical (unpaired) electrons. The highest BCUT2D eigenvalue weighted by Gasteiger charge is 2.51. The van der Waals surface area contributed by atoms with Crippen LogP contribution in [-0.4, -0.2) is 59.0 Å². The summed E-state index contributed by atoms with van der Waals surface area (Å²) in [4.78, 5) is 27.3. The number of carbonyl (C=O) groups is 1. The normalized spacial score (nSPS) is 20.1. The van der Waals surface area contributed by atoms with Gasteiger partial charge < -0.3 is 15.1 Å². The van der Waals surface area contributed by atoms with Crippen molar-refractivity contribution in [3.05, 3.63) is 52.4 Å². The summed E-state index contributed by atoms with van der Waals surface area (Å²) in [6, 6.07) is 7.70. The molecule has 7 heteroatoms. The van der Waals surface area contributed by atoms with Gasteiger partial charge in [-0.05, 0) is 64.2 Å². The van der Waals surface area contributed by atoms with Crippen molar-refractivity contribution >= 4 is 23.3 Å². The van der Waals surface area contributed by atoms with Crippen molar-refractivity contribution in [3.63, 3.8) is 0 Å². The maximum Gasteiger partial charge on any atom is 0.231 e. The molecule has 2 aromatic rings. The van der Waals surface area contributed by atoms with Gasteiger partial charge in [-0.1, -0.05) is 23.7 Å². The third-order valence-corrected chi connectivity index (χ3v) is 7.68. The summed E-state index contributed by atoms with van der Waals surface area (Å²) in [5.41, 5.74) is 3.94. The molecule has 2 aliphatic carbocycles. The largest absolute Gasteiger partial charge is 0.353 e. The van der Waals surface area contributed by atoms with E-state index in [1.54, 1.807) is 6.33 Å². The van der Waals surface area contributed by atoms with E-state index in [4.69, 9.17) is 16.6 Å². The summed E-state index contributed by atoms with van der Waals surface area (Å²) in [6.45, 7) is 10.0. The van der Waals surface area contributed by atoms with E-state index >= 15 is 0 Å². The molecule has 1 aliphatic heterocycles. The van der Waals surface area contributed by atoms with Crippen molar-refractivity contribution in [1.29, 1.82) is 0 Å². The number of piperazine rings is 1. The first-order valence-corrected chi connectivity index (χ1v) is 12.5. The number of nitrogens with zero attached hydrogens (tertiary/aromatic N) is 4. The highest BCUT2D eigenvalue weighted by molar-refractivity contribution is 6.30. The highest BCUT2D eigenvalue weighted by Crippen LogP contribution is 2.58. The number of nitrogens with one attached hydrogen (secondary N) is 1. The maximum atomic E-state index is 13.7. The molecule has 1 saturated carbocycles. The SMILES string of the molecule is CC(C)(C)NCC(C(=O)N1CCN(c2ncnc3c2C2(CC3)CC2)CC1)c1ccc(Cl)cc1. The molecule has 1 saturated heterocycles. The van der Waals surface area contributed by atoms with Crippen molar-refractivity contribution in [1.82, 2.24) is 20.2 Å². The number of rotatable bonds is 5. The molecule has 1 amide bonds. The Balaban J connectivity index is 1.30. The fraction of sp³-hybridized carbons (Fsp3) is 0.577. The Bertz CT molecular complexity index is 1020. The van der Waals surface area contributed by atoms with E-state index in [1.165, 1.54) is 30.5 Å². The highest BCUT2D eigenvalue weighted by atomic mass is 35.5. The molecule has 176 valence electrons. The molecule has 2 fully saturated rings. The molecular weight excluding hydrogens is 434 g/mol. The Morgan fingerprint density at radius 1 is 1.09 bits per heavy atom. The molecule has 1 atom stereocenters. The van der Waals surface area contributed by atoms with Gasteiger partial charge in [0.2, 0.25) is 5.91 Å². The van der Waals surface area contributed by atoms with Gasteiger partial charge in [-0.25, -0.2) is 9.97 Å². The molecule has 2 heterocycles. The number of fused-ring (bicyclic) bond motifs is 2. The second-order valence-corrected chi connectivity index (χ2v) is 11.3. The van der Waals surface area contributed by atoms with Gasteiger partial charge >= 0.3 is 0 Å². The molecular formula is C26H34ClN5O. The number of amides is 1. The Labute approximate surface area is 201 Å². The number of halogens is 1. The van der Waals surface area contributed by atoms with Crippen molar-refractivity contribution in [2.45, 2.75) is 63.3 Å². The van der Waals surface area contributed by atoms with Gasteiger partial charge in [-0.15, -0.1) is 0 Å². The lowest BCUT2D eigenvalue weighted by Crippen LogP contribution is -2.52. The second kappa shape index (κ2) is 8.55. The Kier molecular flexibility index (Phi) is 5.86. The number of benzene rings is 1. The first kappa shape index (κ1) is 22.6. The first-order valence-electron chi connectivity index (χ1n) is 12.1. The molecule has 1 spiro atoms. The number of anilines is 1. The molecule has 3 aliphatic rings. The van der Waals surface area contributed by atoms with Crippen LogP contribution in [0.1, 0.15) is 62.8 Å². The Morgan fingerprint density at radius 3 is 2.42 bits per heavy atom. The van der Waals surface area contributed by atoms with Crippen LogP contribution in [0, 0.1) is 0 Å². The van der Waals surface area contributed by atoms with E-state index in [0.717, 1.165) is 30.9 Å². The van der Waals surface area contributed by atoms with E-state index in [1.807, 2.05) is 29.2 Å². The fourth-order valence-corrected chi connectivity index (χ4v) is 5.45. The zero-order valence-electron chi connectivity index (χ0n) is 19.9. The average molecular weight is 468 g/mol. The molecule has 6 nitrogen and oxygen atoms in total. The molecule has 1 N–H and O–H groups in total. The second-order valence-electron chi connectivity index (χ2n) is 10.8. The summed E-state index contributed by atoms with van der Waals surface area (Å²) < 4.78 is 0. The minimum absolute atomic E-state index is 0.0597. The lowest BCUT2D eigenvalue weighted by Gasteiger charge is -2.38. The lowest BCUT2D eigenvalue weighted by atomic mass is 9.95. The van der Waals surface area contributed by atoms with Crippen molar-refractivity contribution in [2.24, 2.45) is 0 Å². The molecule has 1 unspecified atom stereocenters. The van der Waals surface area contributed by atoms with Gasteiger partial charge in [0.1, 0.15) is 12.1 Å². The van der Waals surface area contributed by atoms with Gasteiger partial charge in [0.05, 0.1) is 5.92 Å². The summed E-state index contributed by atoms with van der Waals surface area (Å²) in [7, 11) is 0. The molecule has 1 aromatic heterocycles. The van der Waals surface area contributed by atoms with Crippen LogP contribution in [0.15, 0.2) is 30.6 Å². The van der Waals surface area contributed by atoms with Crippen LogP contribution in [0.25, 0.3) is 0 Å². The lowest BCUT2D eigenvalue weighted by molar-refractivity contribution is -0.133. The Hall–Kier alpha value is -2.18. The van der Waals surface area contributed by atoms with Crippen LogP contribution in [0.3, 0.4) is 0 Å². The fourth-order valence-electron chi connectivity index (χ4n) is 5.33. The summed E-state index contributed by atoms with van der Waals surface area (Å²) in [5.74, 6) is 1.07. The van der Waals surface area contributed by atoms with E-state index in [9.17, 15) is 4.79 Å². The molecule has 1 aromatic carbocycles. The third-order valence-electron chi connectivity index (χ3n) is 7.43. The van der Waals surface area contributed by atoms with Crippen LogP contribution < -0.4 is 10.2 Å². The zero-order valence-corrected chi connectivity index (χ0v) is 20.7. The standard InChI is InChI=1S/C26H34ClN5O/c1-25(2,3)30-16-20(18-4-6-19(27)7-5-18)24(33)32-14-12-31(13-15-32)23-22-21(28-17-29-23)8-9-26(22)10-11-26/h4-7,17,20,30H,8-16H2,1-3H3. The van der Waals surface area contributed by atoms with E-state index < -0.39 is 0 Å². The smallest absolute Gasteiger partial charge is 0.231 e. The average Bonchev–Trinajstić information content (AvgIpc) is 3.49. The van der Waals surface area contributed by atoms with Crippen LogP contribution in [0.4, 0.5) is 5.82 Å². The van der Waals surface area contributed by atoms with Gasteiger partial charge in [0.25, 0.3) is 0 Å².